The van der Waals surface area contributed by atoms with Crippen molar-refractivity contribution in [3.8, 4) is 5.75 Å². The zero-order valence-electron chi connectivity index (χ0n) is 17.4. The van der Waals surface area contributed by atoms with E-state index in [-0.39, 0.29) is 10.6 Å². The van der Waals surface area contributed by atoms with Crippen LogP contribution in [0.3, 0.4) is 0 Å². The first-order valence-electron chi connectivity index (χ1n) is 10.1. The summed E-state index contributed by atoms with van der Waals surface area (Å²) in [6, 6.07) is 14.8. The first-order chi connectivity index (χ1) is 15.6. The summed E-state index contributed by atoms with van der Waals surface area (Å²) in [6.45, 7) is 0.308. The molecule has 0 bridgehead atoms. The maximum absolute atomic E-state index is 11.8. The van der Waals surface area contributed by atoms with E-state index in [2.05, 4.69) is 4.99 Å². The molecule has 32 heavy (non-hydrogen) atoms. The molecule has 0 spiro atoms. The van der Waals surface area contributed by atoms with Crippen LogP contribution < -0.4 is 10.6 Å². The summed E-state index contributed by atoms with van der Waals surface area (Å²) in [4.78, 5) is 20.9. The van der Waals surface area contributed by atoms with E-state index >= 15 is 0 Å². The van der Waals surface area contributed by atoms with Gasteiger partial charge in [-0.05, 0) is 35.9 Å². The number of allylic oxidation sites excluding steroid dienone is 4. The van der Waals surface area contributed by atoms with E-state index < -0.39 is 0 Å². The molecule has 0 amide bonds. The molecule has 0 saturated heterocycles. The second-order valence-corrected chi connectivity index (χ2v) is 7.51. The van der Waals surface area contributed by atoms with Gasteiger partial charge >= 0.3 is 5.97 Å². The van der Waals surface area contributed by atoms with E-state index in [1.807, 2.05) is 54.8 Å². The highest BCUT2D eigenvalue weighted by atomic mass is 16.5. The van der Waals surface area contributed by atoms with Gasteiger partial charge < -0.3 is 9.47 Å². The molecular formula is C25H21N4O3+. The minimum absolute atomic E-state index is 0.0470. The van der Waals surface area contributed by atoms with Gasteiger partial charge in [-0.15, -0.1) is 4.59 Å². The minimum atomic E-state index is -0.376. The number of rotatable bonds is 6. The number of methoxy groups -OCH3 is 1. The summed E-state index contributed by atoms with van der Waals surface area (Å²) in [5, 5.41) is 0. The van der Waals surface area contributed by atoms with Gasteiger partial charge in [0.05, 0.1) is 30.7 Å². The number of carbonyl (C=O) groups excluding carboxylic acids is 1. The summed E-state index contributed by atoms with van der Waals surface area (Å²) in [5.74, 6) is 7.74. The molecular weight excluding hydrogens is 404 g/mol. The van der Waals surface area contributed by atoms with Crippen LogP contribution in [0.1, 0.15) is 21.5 Å². The summed E-state index contributed by atoms with van der Waals surface area (Å²) in [6.07, 6.45) is 11.2. The standard InChI is InChI=1S/C25H21N4O3/c1-31-25(30)20-9-2-5-17(13-20)16-32-21-10-4-8-19(14-21)24-28-23(18-6-3-7-18)22-15-27-11-12-29(22,24)26/h2-15H,16,26H2,1H3/q+1. The molecule has 0 aromatic heterocycles. The van der Waals surface area contributed by atoms with E-state index in [9.17, 15) is 4.79 Å². The van der Waals surface area contributed by atoms with Gasteiger partial charge in [-0.2, -0.15) is 10.8 Å². The quantitative estimate of drug-likeness (QED) is 0.434. The van der Waals surface area contributed by atoms with E-state index in [1.165, 1.54) is 7.11 Å². The first kappa shape index (κ1) is 19.9. The second-order valence-electron chi connectivity index (χ2n) is 7.51. The Bertz CT molecular complexity index is 1300. The Kier molecular flexibility index (Phi) is 4.89. The topological polar surface area (TPSA) is 86.3 Å². The number of nitrogens with two attached hydrogens (primary N) is 1. The summed E-state index contributed by atoms with van der Waals surface area (Å²) >= 11 is 0. The largest absolute Gasteiger partial charge is 0.489 e. The highest BCUT2D eigenvalue weighted by Crippen LogP contribution is 2.36. The van der Waals surface area contributed by atoms with Gasteiger partial charge in [-0.3, -0.25) is 4.99 Å². The molecule has 2 aromatic carbocycles. The Labute approximate surface area is 185 Å². The van der Waals surface area contributed by atoms with Crippen LogP contribution in [0.2, 0.25) is 0 Å². The molecule has 0 fully saturated rings. The lowest BCUT2D eigenvalue weighted by atomic mass is 10.0. The monoisotopic (exact) mass is 425 g/mol. The lowest BCUT2D eigenvalue weighted by Gasteiger charge is -2.26. The number of ether oxygens (including phenoxy) is 2. The van der Waals surface area contributed by atoms with Crippen LogP contribution in [0.5, 0.6) is 5.75 Å². The zero-order valence-corrected chi connectivity index (χ0v) is 17.4. The van der Waals surface area contributed by atoms with Crippen molar-refractivity contribution >= 4 is 18.0 Å². The molecule has 0 saturated carbocycles. The van der Waals surface area contributed by atoms with Crippen molar-refractivity contribution < 1.29 is 18.9 Å². The number of aliphatic imine (C=N–C) groups is 2. The fraction of sp³-hybridized carbons (Fsp3) is 0.0800. The van der Waals surface area contributed by atoms with E-state index in [4.69, 9.17) is 20.3 Å². The SMILES string of the molecule is COC(=O)c1cccc(COc2cccc(C3=NC(C4=CC=C4)=C4C=NC=C[N+]34N)c2)c1. The molecule has 5 rings (SSSR count). The summed E-state index contributed by atoms with van der Waals surface area (Å²) in [5.41, 5.74) is 4.88. The second kappa shape index (κ2) is 7.88. The smallest absolute Gasteiger partial charge is 0.337 e. The van der Waals surface area contributed by atoms with Crippen LogP contribution in [0, 0.1) is 0 Å². The Balaban J connectivity index is 1.40. The van der Waals surface area contributed by atoms with Crippen molar-refractivity contribution in [3.05, 3.63) is 113 Å². The Hall–Kier alpha value is -4.07. The highest BCUT2D eigenvalue weighted by Gasteiger charge is 2.44. The molecule has 2 aromatic rings. The van der Waals surface area contributed by atoms with Crippen molar-refractivity contribution in [3.63, 3.8) is 0 Å². The zero-order chi connectivity index (χ0) is 22.1. The van der Waals surface area contributed by atoms with Gasteiger partial charge in [0, 0.05) is 5.57 Å². The molecule has 2 aliphatic heterocycles. The molecule has 1 atom stereocenters. The van der Waals surface area contributed by atoms with Crippen molar-refractivity contribution in [1.29, 1.82) is 0 Å². The Morgan fingerprint density at radius 1 is 1.16 bits per heavy atom. The Morgan fingerprint density at radius 3 is 2.78 bits per heavy atom. The highest BCUT2D eigenvalue weighted by molar-refractivity contribution is 6.01. The van der Waals surface area contributed by atoms with E-state index in [1.54, 1.807) is 30.6 Å². The third kappa shape index (κ3) is 3.39. The van der Waals surface area contributed by atoms with Gasteiger partial charge in [0.1, 0.15) is 24.3 Å². The van der Waals surface area contributed by atoms with E-state index in [0.717, 1.165) is 28.1 Å². The van der Waals surface area contributed by atoms with Gasteiger partial charge in [0.2, 0.25) is 5.70 Å². The number of carbonyl (C=O) groups is 1. The molecule has 3 aliphatic rings. The number of esters is 1. The number of fused-ring (bicyclic) bond motifs is 1. The van der Waals surface area contributed by atoms with Crippen LogP contribution in [-0.4, -0.2) is 29.7 Å². The average molecular weight is 425 g/mol. The van der Waals surface area contributed by atoms with Crippen molar-refractivity contribution in [1.82, 2.24) is 0 Å². The maximum atomic E-state index is 11.8. The maximum Gasteiger partial charge on any atom is 0.337 e. The third-order valence-corrected chi connectivity index (χ3v) is 5.46. The summed E-state index contributed by atoms with van der Waals surface area (Å²) in [7, 11) is 1.36. The van der Waals surface area contributed by atoms with Crippen LogP contribution in [0.25, 0.3) is 0 Å². The lowest BCUT2D eigenvalue weighted by molar-refractivity contribution is -0.750. The fourth-order valence-electron chi connectivity index (χ4n) is 3.74. The number of hydrogen-bond acceptors (Lipinski definition) is 6. The molecule has 7 nitrogen and oxygen atoms in total. The van der Waals surface area contributed by atoms with Gasteiger partial charge in [0.15, 0.2) is 0 Å². The number of amidine groups is 1. The number of quaternary nitrogens is 1. The van der Waals surface area contributed by atoms with Gasteiger partial charge in [-0.1, -0.05) is 36.4 Å². The van der Waals surface area contributed by atoms with Crippen molar-refractivity contribution in [2.24, 2.45) is 15.8 Å². The van der Waals surface area contributed by atoms with Gasteiger partial charge in [-0.25, -0.2) is 4.79 Å². The molecule has 0 radical (unpaired) electrons. The van der Waals surface area contributed by atoms with Crippen molar-refractivity contribution in [2.75, 3.05) is 7.11 Å². The molecule has 7 heteroatoms. The predicted octanol–water partition coefficient (Wildman–Crippen LogP) is 3.77. The van der Waals surface area contributed by atoms with Gasteiger partial charge in [0.25, 0.3) is 5.84 Å². The van der Waals surface area contributed by atoms with Crippen LogP contribution in [0.4, 0.5) is 0 Å². The minimum Gasteiger partial charge on any atom is -0.489 e. The molecule has 1 unspecified atom stereocenters. The lowest BCUT2D eigenvalue weighted by Crippen LogP contribution is -2.53. The number of benzene rings is 2. The third-order valence-electron chi connectivity index (χ3n) is 5.46. The van der Waals surface area contributed by atoms with Crippen molar-refractivity contribution in [2.45, 2.75) is 6.61 Å². The van der Waals surface area contributed by atoms with Crippen LogP contribution in [0.15, 0.2) is 106 Å². The molecule has 2 heterocycles. The molecule has 2 N–H and O–H groups in total. The first-order valence-corrected chi connectivity index (χ1v) is 10.1. The molecule has 1 aliphatic carbocycles. The summed E-state index contributed by atoms with van der Waals surface area (Å²) < 4.78 is 10.7. The van der Waals surface area contributed by atoms with Crippen LogP contribution >= 0.6 is 0 Å². The predicted molar refractivity (Wildman–Crippen MR) is 121 cm³/mol. The van der Waals surface area contributed by atoms with E-state index in [0.29, 0.717) is 23.8 Å². The Morgan fingerprint density at radius 2 is 2.00 bits per heavy atom. The molecule has 158 valence electrons. The number of nitrogens with zero attached hydrogens (tertiary/aromatic N) is 3. The van der Waals surface area contributed by atoms with Crippen LogP contribution in [-0.2, 0) is 11.3 Å². The normalized spacial score (nSPS) is 20.4. The fourth-order valence-corrected chi connectivity index (χ4v) is 3.74. The average Bonchev–Trinajstić information content (AvgIpc) is 3.09. The number of hydrogen-bond donors (Lipinski definition) is 1.